The molecule has 2 saturated heterocycles. The molecule has 4 aliphatic rings. The lowest BCUT2D eigenvalue weighted by atomic mass is 9.54. The van der Waals surface area contributed by atoms with E-state index in [1.165, 1.54) is 0 Å². The van der Waals surface area contributed by atoms with Crippen molar-refractivity contribution in [2.75, 3.05) is 0 Å². The number of carbonyl (C=O) groups excluding carboxylic acids is 2. The number of hydrogen-bond donors (Lipinski definition) is 0. The number of carbonyl (C=O) groups is 2. The van der Waals surface area contributed by atoms with Crippen molar-refractivity contribution in [2.24, 2.45) is 28.6 Å². The summed E-state index contributed by atoms with van der Waals surface area (Å²) >= 11 is 0. The second-order valence-electron chi connectivity index (χ2n) is 8.88. The molecule has 4 fully saturated rings. The summed E-state index contributed by atoms with van der Waals surface area (Å²) in [4.78, 5) is 25.4. The van der Waals surface area contributed by atoms with Gasteiger partial charge in [0.15, 0.2) is 0 Å². The molecule has 130 valence electrons. The van der Waals surface area contributed by atoms with Crippen LogP contribution in [0.3, 0.4) is 0 Å². The molecule has 0 radical (unpaired) electrons. The Kier molecular flexibility index (Phi) is 2.95. The number of ketones is 1. The van der Waals surface area contributed by atoms with Gasteiger partial charge in [0.05, 0.1) is 11.2 Å². The lowest BCUT2D eigenvalue weighted by Gasteiger charge is -2.48. The molecule has 24 heavy (non-hydrogen) atoms. The van der Waals surface area contributed by atoms with Crippen LogP contribution in [0.1, 0.15) is 41.0 Å². The van der Waals surface area contributed by atoms with E-state index in [1.807, 2.05) is 33.8 Å². The fraction of sp³-hybridized carbons (Fsp3) is 0.700. The van der Waals surface area contributed by atoms with Gasteiger partial charge >= 0.3 is 5.97 Å². The highest BCUT2D eigenvalue weighted by atomic mass is 16.6. The summed E-state index contributed by atoms with van der Waals surface area (Å²) < 4.78 is 12.2. The lowest BCUT2D eigenvalue weighted by molar-refractivity contribution is -0.148. The predicted molar refractivity (Wildman–Crippen MR) is 89.1 cm³/mol. The third-order valence-corrected chi connectivity index (χ3v) is 7.44. The highest BCUT2D eigenvalue weighted by Gasteiger charge is 2.77. The highest BCUT2D eigenvalue weighted by Crippen LogP contribution is 2.71. The zero-order valence-electron chi connectivity index (χ0n) is 15.1. The van der Waals surface area contributed by atoms with E-state index in [9.17, 15) is 9.59 Å². The topological polar surface area (TPSA) is 52.6 Å². The van der Waals surface area contributed by atoms with Crippen LogP contribution in [0, 0.1) is 28.6 Å². The van der Waals surface area contributed by atoms with E-state index in [4.69, 9.17) is 9.47 Å². The van der Waals surface area contributed by atoms with Crippen molar-refractivity contribution in [1.29, 1.82) is 0 Å². The first-order valence-corrected chi connectivity index (χ1v) is 8.84. The largest absolute Gasteiger partial charge is 0.455 e. The van der Waals surface area contributed by atoms with Crippen LogP contribution in [0.25, 0.3) is 0 Å². The minimum atomic E-state index is -0.578. The number of ether oxygens (including phenoxy) is 2. The molecular formula is C20H26O4. The summed E-state index contributed by atoms with van der Waals surface area (Å²) in [7, 11) is 0. The van der Waals surface area contributed by atoms with Crippen LogP contribution in [-0.2, 0) is 19.1 Å². The molecule has 7 atom stereocenters. The fourth-order valence-electron chi connectivity index (χ4n) is 6.64. The molecule has 4 unspecified atom stereocenters. The number of esters is 1. The van der Waals surface area contributed by atoms with Crippen LogP contribution < -0.4 is 0 Å². The van der Waals surface area contributed by atoms with E-state index in [-0.39, 0.29) is 47.1 Å². The Bertz CT molecular complexity index is 690. The first-order chi connectivity index (χ1) is 11.1. The van der Waals surface area contributed by atoms with E-state index < -0.39 is 11.0 Å². The maximum absolute atomic E-state index is 13.2. The maximum Gasteiger partial charge on any atom is 0.336 e. The molecule has 0 aromatic carbocycles. The average molecular weight is 330 g/mol. The zero-order chi connectivity index (χ0) is 17.7. The third kappa shape index (κ3) is 1.50. The maximum atomic E-state index is 13.2. The standard InChI is InChI=1S/C20H26O4/c1-7-10-13-14(23-17(10)22)15-19(5)9-11(20(15,6)24-13)16(21)18(3,4)12(19)8-2/h7-8,11-15H,2,9H2,1,3-6H3/b10-7+/t11?,12?,13-,14+,15?,19-,20?/m1/s1. The van der Waals surface area contributed by atoms with Gasteiger partial charge in [-0.2, -0.15) is 0 Å². The first kappa shape index (κ1) is 16.1. The van der Waals surface area contributed by atoms with E-state index in [1.54, 1.807) is 6.08 Å². The second kappa shape index (κ2) is 4.40. The summed E-state index contributed by atoms with van der Waals surface area (Å²) in [5.74, 6) is -0.129. The molecule has 0 N–H and O–H groups in total. The van der Waals surface area contributed by atoms with E-state index in [2.05, 4.69) is 13.5 Å². The molecule has 4 heteroatoms. The Morgan fingerprint density at radius 3 is 2.46 bits per heavy atom. The fourth-order valence-corrected chi connectivity index (χ4v) is 6.64. The molecule has 0 spiro atoms. The predicted octanol–water partition coefficient (Wildman–Crippen LogP) is 3.07. The van der Waals surface area contributed by atoms with Gasteiger partial charge < -0.3 is 9.47 Å². The van der Waals surface area contributed by atoms with Crippen molar-refractivity contribution < 1.29 is 19.1 Å². The van der Waals surface area contributed by atoms with Gasteiger partial charge in [0.25, 0.3) is 0 Å². The van der Waals surface area contributed by atoms with Gasteiger partial charge in [-0.1, -0.05) is 32.9 Å². The summed E-state index contributed by atoms with van der Waals surface area (Å²) in [6.07, 6.45) is 3.85. The first-order valence-electron chi connectivity index (χ1n) is 8.84. The number of fused-ring (bicyclic) bond motifs is 7. The van der Waals surface area contributed by atoms with Crippen LogP contribution in [0.2, 0.25) is 0 Å². The van der Waals surface area contributed by atoms with Gasteiger partial charge in [0.2, 0.25) is 0 Å². The quantitative estimate of drug-likeness (QED) is 0.421. The zero-order valence-corrected chi connectivity index (χ0v) is 15.1. The molecule has 2 saturated carbocycles. The molecule has 2 heterocycles. The molecule has 2 aliphatic carbocycles. The summed E-state index contributed by atoms with van der Waals surface area (Å²) in [5, 5.41) is 0. The van der Waals surface area contributed by atoms with Crippen LogP contribution in [-0.4, -0.2) is 29.6 Å². The Hall–Kier alpha value is -1.42. The van der Waals surface area contributed by atoms with Crippen molar-refractivity contribution in [3.8, 4) is 0 Å². The van der Waals surface area contributed by atoms with Gasteiger partial charge in [-0.3, -0.25) is 4.79 Å². The van der Waals surface area contributed by atoms with Crippen LogP contribution in [0.15, 0.2) is 24.3 Å². The molecule has 2 bridgehead atoms. The van der Waals surface area contributed by atoms with Crippen molar-refractivity contribution in [1.82, 2.24) is 0 Å². The van der Waals surface area contributed by atoms with E-state index in [0.29, 0.717) is 5.57 Å². The Morgan fingerprint density at radius 1 is 1.21 bits per heavy atom. The van der Waals surface area contributed by atoms with Crippen LogP contribution in [0.4, 0.5) is 0 Å². The Labute approximate surface area is 143 Å². The molecule has 0 aromatic rings. The van der Waals surface area contributed by atoms with Gasteiger partial charge in [0.1, 0.15) is 18.0 Å². The molecule has 0 amide bonds. The van der Waals surface area contributed by atoms with Crippen LogP contribution >= 0.6 is 0 Å². The summed E-state index contributed by atoms with van der Waals surface area (Å²) in [6, 6.07) is 0. The molecule has 4 rings (SSSR count). The minimum absolute atomic E-state index is 0.00937. The number of allylic oxidation sites excluding steroid dienone is 2. The van der Waals surface area contributed by atoms with E-state index in [0.717, 1.165) is 6.42 Å². The highest BCUT2D eigenvalue weighted by molar-refractivity contribution is 5.93. The third-order valence-electron chi connectivity index (χ3n) is 7.44. The molecule has 4 nitrogen and oxygen atoms in total. The van der Waals surface area contributed by atoms with E-state index >= 15 is 0 Å². The molecular weight excluding hydrogens is 304 g/mol. The normalized spacial score (nSPS) is 53.0. The smallest absolute Gasteiger partial charge is 0.336 e. The summed E-state index contributed by atoms with van der Waals surface area (Å²) in [5.41, 5.74) is -0.622. The Morgan fingerprint density at radius 2 is 1.88 bits per heavy atom. The van der Waals surface area contributed by atoms with Crippen molar-refractivity contribution >= 4 is 11.8 Å². The number of Topliss-reactive ketones (excluding diaryl/α,β-unsaturated/α-hetero) is 1. The SMILES string of the molecule is C=CC1C(C)(C)C(=O)C2C[C@@]1(C)C1[C@H]3OC(=O)/C(=C/C)[C@H]3OC21C. The van der Waals surface area contributed by atoms with Crippen molar-refractivity contribution in [3.63, 3.8) is 0 Å². The monoisotopic (exact) mass is 330 g/mol. The van der Waals surface area contributed by atoms with Crippen molar-refractivity contribution in [2.45, 2.75) is 58.8 Å². The molecule has 2 aliphatic heterocycles. The number of rotatable bonds is 1. The average Bonchev–Trinajstić information content (AvgIpc) is 3.00. The van der Waals surface area contributed by atoms with Gasteiger partial charge in [-0.25, -0.2) is 4.79 Å². The number of hydrogen-bond acceptors (Lipinski definition) is 4. The summed E-state index contributed by atoms with van der Waals surface area (Å²) in [6.45, 7) is 14.2. The second-order valence-corrected chi connectivity index (χ2v) is 8.88. The minimum Gasteiger partial charge on any atom is -0.455 e. The Balaban J connectivity index is 1.89. The van der Waals surface area contributed by atoms with Gasteiger partial charge in [0, 0.05) is 17.3 Å². The van der Waals surface area contributed by atoms with Crippen LogP contribution in [0.5, 0.6) is 0 Å². The lowest BCUT2D eigenvalue weighted by Crippen LogP contribution is -2.50. The van der Waals surface area contributed by atoms with Gasteiger partial charge in [-0.05, 0) is 31.6 Å². The molecule has 0 aromatic heterocycles. The van der Waals surface area contributed by atoms with Crippen molar-refractivity contribution in [3.05, 3.63) is 24.3 Å². The van der Waals surface area contributed by atoms with Gasteiger partial charge in [-0.15, -0.1) is 6.58 Å².